The fraction of sp³-hybridized carbons (Fsp3) is 0.600. The number of piperidine rings is 1. The van der Waals surface area contributed by atoms with Gasteiger partial charge in [-0.25, -0.2) is 9.18 Å². The predicted octanol–water partition coefficient (Wildman–Crippen LogP) is 3.14. The van der Waals surface area contributed by atoms with Crippen LogP contribution in [0.3, 0.4) is 0 Å². The summed E-state index contributed by atoms with van der Waals surface area (Å²) in [6.07, 6.45) is 3.82. The van der Waals surface area contributed by atoms with E-state index >= 15 is 0 Å². The first-order chi connectivity index (χ1) is 12.5. The zero-order valence-electron chi connectivity index (χ0n) is 15.6. The van der Waals surface area contributed by atoms with Gasteiger partial charge in [0.2, 0.25) is 5.91 Å². The third kappa shape index (κ3) is 4.34. The predicted molar refractivity (Wildman–Crippen MR) is 98.1 cm³/mol. The number of hydrogen-bond acceptors (Lipinski definition) is 2. The summed E-state index contributed by atoms with van der Waals surface area (Å²) < 4.78 is 13.6. The number of rotatable bonds is 5. The van der Waals surface area contributed by atoms with Crippen LogP contribution >= 0.6 is 0 Å². The number of carbonyl (C=O) groups excluding carboxylic acids is 2. The van der Waals surface area contributed by atoms with Gasteiger partial charge in [-0.3, -0.25) is 4.79 Å². The molecule has 5 nitrogen and oxygen atoms in total. The van der Waals surface area contributed by atoms with Crippen molar-refractivity contribution in [1.82, 2.24) is 15.5 Å². The molecule has 26 heavy (non-hydrogen) atoms. The quantitative estimate of drug-likeness (QED) is 0.846. The Kier molecular flexibility index (Phi) is 5.79. The summed E-state index contributed by atoms with van der Waals surface area (Å²) in [4.78, 5) is 26.8. The van der Waals surface area contributed by atoms with Crippen LogP contribution in [0.15, 0.2) is 18.2 Å². The molecule has 3 rings (SSSR count). The van der Waals surface area contributed by atoms with Gasteiger partial charge in [-0.2, -0.15) is 0 Å². The number of amides is 3. The number of aryl methyl sites for hydroxylation is 1. The summed E-state index contributed by atoms with van der Waals surface area (Å²) in [5, 5.41) is 5.87. The second kappa shape index (κ2) is 8.06. The summed E-state index contributed by atoms with van der Waals surface area (Å²) >= 11 is 0. The molecule has 2 aliphatic rings. The lowest BCUT2D eigenvalue weighted by atomic mass is 9.88. The normalized spacial score (nSPS) is 22.8. The number of nitrogens with zero attached hydrogens (tertiary/aromatic N) is 1. The zero-order valence-corrected chi connectivity index (χ0v) is 15.6. The highest BCUT2D eigenvalue weighted by Crippen LogP contribution is 2.34. The maximum atomic E-state index is 13.6. The molecule has 3 amide bonds. The Balaban J connectivity index is 1.73. The topological polar surface area (TPSA) is 61.4 Å². The van der Waals surface area contributed by atoms with Gasteiger partial charge in [-0.1, -0.05) is 12.1 Å². The van der Waals surface area contributed by atoms with Crippen LogP contribution in [0, 0.1) is 24.6 Å². The van der Waals surface area contributed by atoms with Crippen molar-refractivity contribution in [3.8, 4) is 0 Å². The van der Waals surface area contributed by atoms with E-state index in [2.05, 4.69) is 10.6 Å². The molecule has 1 saturated heterocycles. The average Bonchev–Trinajstić information content (AvgIpc) is 3.46. The maximum Gasteiger partial charge on any atom is 0.317 e. The lowest BCUT2D eigenvalue weighted by molar-refractivity contribution is -0.126. The molecule has 1 heterocycles. The molecule has 0 spiro atoms. The Hall–Kier alpha value is -2.11. The number of carbonyl (C=O) groups is 2. The van der Waals surface area contributed by atoms with Crippen LogP contribution in [0.4, 0.5) is 9.18 Å². The summed E-state index contributed by atoms with van der Waals surface area (Å²) in [5.74, 6) is 0.248. The average molecular weight is 361 g/mol. The van der Waals surface area contributed by atoms with Gasteiger partial charge in [-0.05, 0) is 62.6 Å². The first-order valence-electron chi connectivity index (χ1n) is 9.57. The molecule has 1 aromatic carbocycles. The third-order valence-corrected chi connectivity index (χ3v) is 5.37. The van der Waals surface area contributed by atoms with Crippen molar-refractivity contribution in [2.75, 3.05) is 19.6 Å². The second-order valence-corrected chi connectivity index (χ2v) is 7.48. The number of hydrogen-bond donors (Lipinski definition) is 2. The summed E-state index contributed by atoms with van der Waals surface area (Å²) in [6, 6.07) is 4.70. The van der Waals surface area contributed by atoms with E-state index in [1.807, 2.05) is 6.92 Å². The van der Waals surface area contributed by atoms with Crippen molar-refractivity contribution in [3.05, 3.63) is 35.1 Å². The van der Waals surface area contributed by atoms with Crippen LogP contribution in [0.25, 0.3) is 0 Å². The van der Waals surface area contributed by atoms with Crippen LogP contribution in [0.1, 0.15) is 49.8 Å². The Morgan fingerprint density at radius 3 is 2.62 bits per heavy atom. The van der Waals surface area contributed by atoms with Crippen LogP contribution < -0.4 is 10.6 Å². The monoisotopic (exact) mass is 361 g/mol. The van der Waals surface area contributed by atoms with Crippen LogP contribution in [0.2, 0.25) is 0 Å². The maximum absolute atomic E-state index is 13.6. The van der Waals surface area contributed by atoms with E-state index in [-0.39, 0.29) is 29.7 Å². The molecule has 142 valence electrons. The SMILES string of the molecule is CCNC(=O)N1CC(C(=O)NCC2CC2)CCC1c1ccc(F)c(C)c1. The molecule has 2 unspecified atom stereocenters. The standard InChI is InChI=1S/C20H28FN3O2/c1-3-22-20(26)24-12-16(19(25)23-11-14-4-5-14)7-9-18(24)15-6-8-17(21)13(2)10-15/h6,8,10,14,16,18H,3-5,7,9,11-12H2,1-2H3,(H,22,26)(H,23,25). The molecule has 0 bridgehead atoms. The second-order valence-electron chi connectivity index (χ2n) is 7.48. The third-order valence-electron chi connectivity index (χ3n) is 5.37. The van der Waals surface area contributed by atoms with Gasteiger partial charge < -0.3 is 15.5 Å². The van der Waals surface area contributed by atoms with Gasteiger partial charge in [0.05, 0.1) is 12.0 Å². The minimum atomic E-state index is -0.244. The van der Waals surface area contributed by atoms with Crippen molar-refractivity contribution >= 4 is 11.9 Å². The molecule has 0 aromatic heterocycles. The Morgan fingerprint density at radius 2 is 1.96 bits per heavy atom. The van der Waals surface area contributed by atoms with E-state index in [0.717, 1.165) is 18.5 Å². The van der Waals surface area contributed by atoms with E-state index in [1.54, 1.807) is 24.0 Å². The van der Waals surface area contributed by atoms with Gasteiger partial charge in [0.1, 0.15) is 5.82 Å². The van der Waals surface area contributed by atoms with Crippen LogP contribution in [-0.2, 0) is 4.79 Å². The highest BCUT2D eigenvalue weighted by Gasteiger charge is 2.36. The van der Waals surface area contributed by atoms with Gasteiger partial charge in [0.15, 0.2) is 0 Å². The van der Waals surface area contributed by atoms with E-state index in [1.165, 1.54) is 18.9 Å². The first-order valence-corrected chi connectivity index (χ1v) is 9.57. The minimum Gasteiger partial charge on any atom is -0.356 e. The van der Waals surface area contributed by atoms with Crippen molar-refractivity contribution < 1.29 is 14.0 Å². The number of urea groups is 1. The van der Waals surface area contributed by atoms with Gasteiger partial charge in [-0.15, -0.1) is 0 Å². The Labute approximate surface area is 154 Å². The molecule has 2 N–H and O–H groups in total. The van der Waals surface area contributed by atoms with E-state index in [9.17, 15) is 14.0 Å². The summed E-state index contributed by atoms with van der Waals surface area (Å²) in [6.45, 7) is 5.27. The van der Waals surface area contributed by atoms with Gasteiger partial charge in [0, 0.05) is 19.6 Å². The highest BCUT2D eigenvalue weighted by molar-refractivity contribution is 5.81. The smallest absolute Gasteiger partial charge is 0.317 e. The molecule has 1 aromatic rings. The van der Waals surface area contributed by atoms with Crippen LogP contribution in [-0.4, -0.2) is 36.5 Å². The van der Waals surface area contributed by atoms with Crippen molar-refractivity contribution in [1.29, 1.82) is 0 Å². The Bertz CT molecular complexity index is 675. The molecule has 0 radical (unpaired) electrons. The molecular weight excluding hydrogens is 333 g/mol. The molecule has 2 atom stereocenters. The van der Waals surface area contributed by atoms with Gasteiger partial charge in [0.25, 0.3) is 0 Å². The van der Waals surface area contributed by atoms with E-state index in [0.29, 0.717) is 31.0 Å². The molecule has 6 heteroatoms. The van der Waals surface area contributed by atoms with Crippen molar-refractivity contribution in [2.45, 2.75) is 45.6 Å². The zero-order chi connectivity index (χ0) is 18.7. The fourth-order valence-electron chi connectivity index (χ4n) is 3.60. The number of likely N-dealkylation sites (tertiary alicyclic amines) is 1. The van der Waals surface area contributed by atoms with Crippen LogP contribution in [0.5, 0.6) is 0 Å². The van der Waals surface area contributed by atoms with E-state index < -0.39 is 0 Å². The summed E-state index contributed by atoms with van der Waals surface area (Å²) in [5.41, 5.74) is 1.50. The number of halogens is 1. The molecule has 1 saturated carbocycles. The molecule has 1 aliphatic heterocycles. The number of nitrogens with one attached hydrogen (secondary N) is 2. The lowest BCUT2D eigenvalue weighted by Gasteiger charge is -2.39. The minimum absolute atomic E-state index is 0.0416. The lowest BCUT2D eigenvalue weighted by Crippen LogP contribution is -2.50. The van der Waals surface area contributed by atoms with Crippen molar-refractivity contribution in [2.24, 2.45) is 11.8 Å². The Morgan fingerprint density at radius 1 is 1.19 bits per heavy atom. The largest absolute Gasteiger partial charge is 0.356 e. The van der Waals surface area contributed by atoms with Crippen molar-refractivity contribution in [3.63, 3.8) is 0 Å². The molecule has 2 fully saturated rings. The molecular formula is C20H28FN3O2. The molecule has 1 aliphatic carbocycles. The van der Waals surface area contributed by atoms with E-state index in [4.69, 9.17) is 0 Å². The number of benzene rings is 1. The fourth-order valence-corrected chi connectivity index (χ4v) is 3.60. The first kappa shape index (κ1) is 18.7. The van der Waals surface area contributed by atoms with Gasteiger partial charge >= 0.3 is 6.03 Å². The summed E-state index contributed by atoms with van der Waals surface area (Å²) in [7, 11) is 0. The highest BCUT2D eigenvalue weighted by atomic mass is 19.1.